The summed E-state index contributed by atoms with van der Waals surface area (Å²) < 4.78 is 45.1. The Morgan fingerprint density at radius 3 is 2.36 bits per heavy atom. The predicted octanol–water partition coefficient (Wildman–Crippen LogP) is 10.8. The Hall–Kier alpha value is -3.72. The molecule has 398 valence electrons. The van der Waals surface area contributed by atoms with Crippen LogP contribution in [0.2, 0.25) is 0 Å². The first kappa shape index (κ1) is 56.0. The molecule has 1 aromatic carbocycles. The topological polar surface area (TPSA) is 131 Å². The molecule has 72 heavy (non-hydrogen) atoms. The van der Waals surface area contributed by atoms with Crippen LogP contribution in [0.3, 0.4) is 0 Å². The van der Waals surface area contributed by atoms with Gasteiger partial charge in [0.05, 0.1) is 78.9 Å². The van der Waals surface area contributed by atoms with Crippen molar-refractivity contribution in [3.63, 3.8) is 0 Å². The number of rotatable bonds is 20. The van der Waals surface area contributed by atoms with Crippen LogP contribution >= 0.6 is 0 Å². The molecule has 0 radical (unpaired) electrons. The van der Waals surface area contributed by atoms with Gasteiger partial charge in [0.2, 0.25) is 0 Å². The van der Waals surface area contributed by atoms with Crippen molar-refractivity contribution in [3.05, 3.63) is 101 Å². The zero-order valence-electron chi connectivity index (χ0n) is 45.3. The third kappa shape index (κ3) is 12.7. The number of benzene rings is 1. The Balaban J connectivity index is 1.07. The molecule has 1 aromatic rings. The van der Waals surface area contributed by atoms with Gasteiger partial charge in [-0.25, -0.2) is 0 Å². The number of carbonyl (C=O) groups is 2. The maximum atomic E-state index is 13.4. The van der Waals surface area contributed by atoms with E-state index in [-0.39, 0.29) is 96.5 Å². The van der Waals surface area contributed by atoms with E-state index in [9.17, 15) is 14.7 Å². The minimum Gasteiger partial charge on any atom is -0.464 e. The van der Waals surface area contributed by atoms with Crippen molar-refractivity contribution in [3.8, 4) is 0 Å². The summed E-state index contributed by atoms with van der Waals surface area (Å²) in [5, 5.41) is 12.2. The zero-order chi connectivity index (χ0) is 52.0. The molecule has 1 amide bonds. The number of fused-ring (bicyclic) bond motifs is 2. The summed E-state index contributed by atoms with van der Waals surface area (Å²) >= 11 is 0. The smallest absolute Gasteiger partial charge is 0.293 e. The highest BCUT2D eigenvalue weighted by Crippen LogP contribution is 2.45. The van der Waals surface area contributed by atoms with E-state index < -0.39 is 12.2 Å². The number of nitrogens with zero attached hydrogens (tertiary/aromatic N) is 1. The van der Waals surface area contributed by atoms with Gasteiger partial charge in [0.1, 0.15) is 12.2 Å². The molecule has 20 atom stereocenters. The van der Waals surface area contributed by atoms with Gasteiger partial charge in [-0.2, -0.15) is 5.06 Å². The first-order chi connectivity index (χ1) is 34.5. The number of allylic oxidation sites excluding steroid dienone is 4. The highest BCUT2D eigenvalue weighted by atomic mass is 16.7. The molecule has 4 saturated heterocycles. The van der Waals surface area contributed by atoms with E-state index in [2.05, 4.69) is 92.3 Å². The molecule has 20 unspecified atom stereocenters. The molecule has 1 N–H and O–H groups in total. The number of hydrogen-bond donors (Lipinski definition) is 1. The predicted molar refractivity (Wildman–Crippen MR) is 280 cm³/mol. The van der Waals surface area contributed by atoms with Gasteiger partial charge in [0, 0.05) is 75.1 Å². The molecular formula is C60H87NO11. The molecule has 1 aliphatic carbocycles. The molecule has 5 aliphatic heterocycles. The molecule has 0 bridgehead atoms. The third-order valence-electron chi connectivity index (χ3n) is 17.4. The number of hydrogen-bond acceptors (Lipinski definition) is 11. The van der Waals surface area contributed by atoms with Gasteiger partial charge < -0.3 is 38.3 Å². The molecular weight excluding hydrogens is 911 g/mol. The molecule has 7 rings (SSSR count). The van der Waals surface area contributed by atoms with E-state index in [1.54, 1.807) is 20.3 Å². The van der Waals surface area contributed by atoms with Gasteiger partial charge in [-0.3, -0.25) is 14.4 Å². The number of methoxy groups -OCH3 is 2. The summed E-state index contributed by atoms with van der Waals surface area (Å²) in [5.74, 6) is 1.28. The van der Waals surface area contributed by atoms with Crippen molar-refractivity contribution < 1.29 is 52.7 Å². The highest BCUT2D eigenvalue weighted by Gasteiger charge is 2.47. The lowest BCUT2D eigenvalue weighted by atomic mass is 9.72. The van der Waals surface area contributed by atoms with Crippen LogP contribution in [0.4, 0.5) is 0 Å². The quantitative estimate of drug-likeness (QED) is 0.0989. The number of amides is 1. The Labute approximate surface area is 431 Å². The first-order valence-electron chi connectivity index (χ1n) is 27.1. The van der Waals surface area contributed by atoms with Crippen LogP contribution in [0.25, 0.3) is 5.70 Å². The molecule has 0 aromatic heterocycles. The van der Waals surface area contributed by atoms with Crippen molar-refractivity contribution in [2.24, 2.45) is 47.3 Å². The molecule has 12 heteroatoms. The second-order valence-corrected chi connectivity index (χ2v) is 22.2. The molecule has 5 heterocycles. The minimum atomic E-state index is -0.523. The van der Waals surface area contributed by atoms with Crippen LogP contribution in [0.5, 0.6) is 0 Å². The van der Waals surface area contributed by atoms with Gasteiger partial charge in [-0.1, -0.05) is 126 Å². The van der Waals surface area contributed by atoms with E-state index in [1.807, 2.05) is 44.2 Å². The lowest BCUT2D eigenvalue weighted by molar-refractivity contribution is -0.248. The van der Waals surface area contributed by atoms with Gasteiger partial charge >= 0.3 is 0 Å². The fraction of sp³-hybridized carbons (Fsp3) is 0.667. The van der Waals surface area contributed by atoms with Gasteiger partial charge in [0.25, 0.3) is 12.4 Å². The Morgan fingerprint density at radius 1 is 0.931 bits per heavy atom. The average molecular weight is 998 g/mol. The zero-order valence-corrected chi connectivity index (χ0v) is 45.3. The lowest BCUT2D eigenvalue weighted by Gasteiger charge is -2.47. The fourth-order valence-electron chi connectivity index (χ4n) is 12.9. The van der Waals surface area contributed by atoms with Crippen LogP contribution < -0.4 is 0 Å². The van der Waals surface area contributed by atoms with Crippen LogP contribution in [0, 0.1) is 47.3 Å². The van der Waals surface area contributed by atoms with E-state index in [0.717, 1.165) is 12.0 Å². The van der Waals surface area contributed by atoms with Gasteiger partial charge in [-0.15, -0.1) is 0 Å². The molecule has 6 aliphatic rings. The third-order valence-corrected chi connectivity index (χ3v) is 17.4. The highest BCUT2D eigenvalue weighted by molar-refractivity contribution is 6.07. The Morgan fingerprint density at radius 2 is 1.67 bits per heavy atom. The minimum absolute atomic E-state index is 0.0209. The second-order valence-electron chi connectivity index (χ2n) is 22.2. The summed E-state index contributed by atoms with van der Waals surface area (Å²) in [7, 11) is 3.49. The maximum absolute atomic E-state index is 13.4. The monoisotopic (exact) mass is 998 g/mol. The molecule has 12 nitrogen and oxygen atoms in total. The van der Waals surface area contributed by atoms with Gasteiger partial charge in [0.15, 0.2) is 0 Å². The summed E-state index contributed by atoms with van der Waals surface area (Å²) in [5.41, 5.74) is 5.81. The summed E-state index contributed by atoms with van der Waals surface area (Å²) in [6.45, 7) is 27.0. The van der Waals surface area contributed by atoms with Crippen molar-refractivity contribution >= 4 is 18.1 Å². The molecule has 0 spiro atoms. The maximum Gasteiger partial charge on any atom is 0.293 e. The summed E-state index contributed by atoms with van der Waals surface area (Å²) in [6.07, 6.45) is 17.7. The van der Waals surface area contributed by atoms with Gasteiger partial charge in [-0.05, 0) is 69.9 Å². The number of carbonyl (C=O) groups excluding carboxylic acids is 2. The SMILES string of the molecule is C=C1c2ccccc2C(=O)N1OC1C(C)OC(CC2C(C)OC(C(C(C)=CCC3CC(OC=O)CC(C=CC(C)C(O)C(C)CC)O3)C(C)C=CC=C3COC4C(C)C(C)=CC(C)C34)CC2OC)CC1OC. The Bertz CT molecular complexity index is 2130. The van der Waals surface area contributed by atoms with Crippen molar-refractivity contribution in [2.75, 3.05) is 20.8 Å². The molecule has 0 saturated carbocycles. The van der Waals surface area contributed by atoms with Crippen LogP contribution in [0.1, 0.15) is 130 Å². The van der Waals surface area contributed by atoms with E-state index in [0.29, 0.717) is 80.6 Å². The fourth-order valence-corrected chi connectivity index (χ4v) is 12.9. The van der Waals surface area contributed by atoms with Crippen LogP contribution in [-0.4, -0.2) is 117 Å². The van der Waals surface area contributed by atoms with E-state index in [1.165, 1.54) is 21.8 Å². The molecule has 4 fully saturated rings. The summed E-state index contributed by atoms with van der Waals surface area (Å²) in [4.78, 5) is 31.4. The number of ether oxygens (including phenoxy) is 7. The normalized spacial score (nSPS) is 37.1. The van der Waals surface area contributed by atoms with Crippen LogP contribution in [0.15, 0.2) is 90.1 Å². The van der Waals surface area contributed by atoms with E-state index >= 15 is 0 Å². The largest absolute Gasteiger partial charge is 0.464 e. The van der Waals surface area contributed by atoms with Crippen LogP contribution in [-0.2, 0) is 42.8 Å². The second kappa shape index (κ2) is 25.2. The summed E-state index contributed by atoms with van der Waals surface area (Å²) in [6, 6.07) is 7.41. The standard InChI is InChI=1S/C60H87NO11/c1-14-34(2)57(63)37(5)23-25-46-28-47(68-33-62)27-45(71-46)24-22-36(4)55(35(3)18-17-19-44-32-67-58-40(8)38(6)26-39(7)56(44)58)53-31-52(65-12)51(42(10)70-53)29-48-30-54(66-13)59(43(11)69-48)72-61-41(9)49-20-15-16-21-50(49)60(61)64/h15-23,25-26,33-35,37,39-40,42-43,45-48,51-59,63H,9,14,24,27-32H2,1-8,10-13H3. The van der Waals surface area contributed by atoms with Crippen molar-refractivity contribution in [2.45, 2.75) is 187 Å². The number of aliphatic hydroxyl groups excluding tert-OH is 1. The Kier molecular flexibility index (Phi) is 19.6. The van der Waals surface area contributed by atoms with Crippen molar-refractivity contribution in [1.29, 1.82) is 0 Å². The number of hydroxylamine groups is 2. The average Bonchev–Trinajstić information content (AvgIpc) is 3.90. The first-order valence-corrected chi connectivity index (χ1v) is 27.1. The number of aliphatic hydroxyl groups is 1. The van der Waals surface area contributed by atoms with Crippen molar-refractivity contribution in [1.82, 2.24) is 5.06 Å². The van der Waals surface area contributed by atoms with E-state index in [4.69, 9.17) is 38.0 Å². The lowest BCUT2D eigenvalue weighted by Crippen LogP contribution is -2.53.